The van der Waals surface area contributed by atoms with Crippen LogP contribution in [0.1, 0.15) is 93.4 Å². The second kappa shape index (κ2) is 6.06. The lowest BCUT2D eigenvalue weighted by molar-refractivity contribution is -0.159. The number of hydrogen-bond acceptors (Lipinski definition) is 2. The van der Waals surface area contributed by atoms with Gasteiger partial charge in [0, 0.05) is 11.0 Å². The summed E-state index contributed by atoms with van der Waals surface area (Å²) in [6, 6.07) is 0. The summed E-state index contributed by atoms with van der Waals surface area (Å²) in [7, 11) is 0. The summed E-state index contributed by atoms with van der Waals surface area (Å²) < 4.78 is 0. The molecule has 0 spiro atoms. The molecule has 5 atom stereocenters. The van der Waals surface area contributed by atoms with Gasteiger partial charge in [0.05, 0.1) is 0 Å². The number of aliphatic hydroxyl groups is 1. The number of hydrogen-bond donors (Lipinski definition) is 1. The van der Waals surface area contributed by atoms with Crippen LogP contribution in [0.15, 0.2) is 46.3 Å². The Hall–Kier alpha value is -1.57. The van der Waals surface area contributed by atoms with Crippen molar-refractivity contribution in [1.82, 2.24) is 0 Å². The lowest BCUT2D eigenvalue weighted by Gasteiger charge is -2.70. The second-order valence-electron chi connectivity index (χ2n) is 13.2. The van der Waals surface area contributed by atoms with Gasteiger partial charge in [-0.15, -0.1) is 0 Å². The monoisotopic (exact) mass is 420 g/mol. The number of carbonyl (C=O) groups excluding carboxylic acids is 1. The number of fused-ring (bicyclic) bond motifs is 7. The van der Waals surface area contributed by atoms with Crippen LogP contribution in [0, 0.1) is 33.0 Å². The molecule has 0 saturated heterocycles. The molecule has 5 rings (SSSR count). The van der Waals surface area contributed by atoms with Crippen molar-refractivity contribution < 1.29 is 9.90 Å². The van der Waals surface area contributed by atoms with Crippen LogP contribution >= 0.6 is 0 Å². The van der Waals surface area contributed by atoms with Gasteiger partial charge in [-0.2, -0.15) is 0 Å². The molecule has 0 amide bonds. The number of ketones is 1. The van der Waals surface area contributed by atoms with Crippen molar-refractivity contribution in [1.29, 1.82) is 0 Å². The van der Waals surface area contributed by atoms with E-state index in [0.29, 0.717) is 10.8 Å². The molecule has 3 saturated carbocycles. The fourth-order valence-electron chi connectivity index (χ4n) is 8.62. The molecule has 5 aliphatic rings. The lowest BCUT2D eigenvalue weighted by atomic mass is 9.34. The molecule has 0 aromatic rings. The van der Waals surface area contributed by atoms with E-state index in [9.17, 15) is 9.90 Å². The summed E-state index contributed by atoms with van der Waals surface area (Å²) >= 11 is 0. The second-order valence-corrected chi connectivity index (χ2v) is 13.2. The average molecular weight is 421 g/mol. The van der Waals surface area contributed by atoms with E-state index in [2.05, 4.69) is 53.7 Å². The Morgan fingerprint density at radius 2 is 1.58 bits per heavy atom. The number of rotatable bonds is 0. The molecule has 2 nitrogen and oxygen atoms in total. The summed E-state index contributed by atoms with van der Waals surface area (Å²) in [6.07, 6.45) is 15.2. The van der Waals surface area contributed by atoms with Crippen molar-refractivity contribution in [3.05, 3.63) is 46.3 Å². The topological polar surface area (TPSA) is 37.3 Å². The number of carbonyl (C=O) groups is 1. The number of allylic oxidation sites excluding steroid dienone is 7. The van der Waals surface area contributed by atoms with E-state index in [1.165, 1.54) is 44.1 Å². The molecule has 0 heterocycles. The van der Waals surface area contributed by atoms with Crippen molar-refractivity contribution in [2.75, 3.05) is 0 Å². The van der Waals surface area contributed by atoms with Gasteiger partial charge in [0.25, 0.3) is 0 Å². The zero-order valence-electron chi connectivity index (χ0n) is 20.6. The van der Waals surface area contributed by atoms with Crippen LogP contribution in [0.4, 0.5) is 0 Å². The van der Waals surface area contributed by atoms with Gasteiger partial charge in [0.2, 0.25) is 5.78 Å². The molecule has 0 aromatic heterocycles. The first-order chi connectivity index (χ1) is 14.3. The van der Waals surface area contributed by atoms with Crippen LogP contribution in [0.25, 0.3) is 0 Å². The van der Waals surface area contributed by atoms with E-state index in [-0.39, 0.29) is 27.8 Å². The minimum Gasteiger partial charge on any atom is -0.504 e. The molecule has 0 bridgehead atoms. The fourth-order valence-corrected chi connectivity index (χ4v) is 8.62. The van der Waals surface area contributed by atoms with Crippen LogP contribution in [0.5, 0.6) is 0 Å². The quantitative estimate of drug-likeness (QED) is 0.437. The summed E-state index contributed by atoms with van der Waals surface area (Å²) in [5.41, 5.74) is 5.67. The van der Waals surface area contributed by atoms with Gasteiger partial charge in [0.1, 0.15) is 0 Å². The standard InChI is InChI=1S/C29H40O2/c1-18-19-8-9-22-27(5,20(19)16-21(30)24(18)31)13-15-29(7)23-17-25(2,3)10-11-26(23,4)12-14-28(22,29)6/h8-9,16,23,31H,10-15,17H2,1-7H3/t23-,26+,27+,28-,29+/m1/s1. The van der Waals surface area contributed by atoms with Crippen LogP contribution in [-0.2, 0) is 4.79 Å². The van der Waals surface area contributed by atoms with E-state index in [1.807, 2.05) is 6.92 Å². The van der Waals surface area contributed by atoms with E-state index < -0.39 is 0 Å². The molecule has 0 aliphatic heterocycles. The Kier molecular flexibility index (Phi) is 4.16. The maximum atomic E-state index is 12.6. The highest BCUT2D eigenvalue weighted by Gasteiger charge is 2.66. The minimum absolute atomic E-state index is 0.0832. The highest BCUT2D eigenvalue weighted by Crippen LogP contribution is 2.75. The van der Waals surface area contributed by atoms with E-state index in [1.54, 1.807) is 6.08 Å². The smallest absolute Gasteiger partial charge is 0.220 e. The van der Waals surface area contributed by atoms with Crippen LogP contribution in [0.3, 0.4) is 0 Å². The predicted octanol–water partition coefficient (Wildman–Crippen LogP) is 7.63. The minimum atomic E-state index is -0.226. The third-order valence-electron chi connectivity index (χ3n) is 11.1. The van der Waals surface area contributed by atoms with Gasteiger partial charge in [-0.3, -0.25) is 4.79 Å². The Balaban J connectivity index is 1.66. The molecule has 2 heteroatoms. The van der Waals surface area contributed by atoms with Gasteiger partial charge < -0.3 is 5.11 Å². The van der Waals surface area contributed by atoms with E-state index in [0.717, 1.165) is 29.1 Å². The molecule has 0 aromatic carbocycles. The fraction of sp³-hybridized carbons (Fsp3) is 0.690. The van der Waals surface area contributed by atoms with Crippen molar-refractivity contribution in [3.63, 3.8) is 0 Å². The molecular weight excluding hydrogens is 380 g/mol. The number of aliphatic hydroxyl groups excluding tert-OH is 1. The average Bonchev–Trinajstić information content (AvgIpc) is 2.70. The highest BCUT2D eigenvalue weighted by atomic mass is 16.3. The molecular formula is C29H40O2. The van der Waals surface area contributed by atoms with Gasteiger partial charge in [-0.1, -0.05) is 59.3 Å². The lowest BCUT2D eigenvalue weighted by Crippen LogP contribution is -2.61. The normalized spacial score (nSPS) is 46.1. The maximum absolute atomic E-state index is 12.6. The summed E-state index contributed by atoms with van der Waals surface area (Å²) in [5, 5.41) is 10.3. The Bertz CT molecular complexity index is 1000. The third-order valence-corrected chi connectivity index (χ3v) is 11.1. The highest BCUT2D eigenvalue weighted by molar-refractivity contribution is 6.06. The Labute approximate surface area is 188 Å². The molecule has 5 aliphatic carbocycles. The van der Waals surface area contributed by atoms with Crippen molar-refractivity contribution in [2.45, 2.75) is 93.4 Å². The summed E-state index contributed by atoms with van der Waals surface area (Å²) in [4.78, 5) is 12.6. The first-order valence-corrected chi connectivity index (χ1v) is 12.4. The Morgan fingerprint density at radius 1 is 0.903 bits per heavy atom. The molecule has 31 heavy (non-hydrogen) atoms. The SMILES string of the molecule is CC1=C(O)C(=O)C=C2C1=CC=C1[C@@]2(C)CC[C@@]2(C)[C@@H]3CC(C)(C)CC[C@@]3(C)CC[C@]12C. The van der Waals surface area contributed by atoms with Crippen LogP contribution in [0.2, 0.25) is 0 Å². The van der Waals surface area contributed by atoms with Crippen molar-refractivity contribution in [2.24, 2.45) is 33.0 Å². The van der Waals surface area contributed by atoms with Crippen LogP contribution < -0.4 is 0 Å². The molecule has 3 fully saturated rings. The summed E-state index contributed by atoms with van der Waals surface area (Å²) in [6.45, 7) is 16.9. The van der Waals surface area contributed by atoms with Crippen molar-refractivity contribution in [3.8, 4) is 0 Å². The summed E-state index contributed by atoms with van der Waals surface area (Å²) in [5.74, 6) is 0.432. The Morgan fingerprint density at radius 3 is 2.29 bits per heavy atom. The molecule has 168 valence electrons. The van der Waals surface area contributed by atoms with Gasteiger partial charge in [0.15, 0.2) is 5.76 Å². The molecule has 0 unspecified atom stereocenters. The molecule has 0 radical (unpaired) electrons. The largest absolute Gasteiger partial charge is 0.504 e. The zero-order chi connectivity index (χ0) is 22.6. The first-order valence-electron chi connectivity index (χ1n) is 12.4. The predicted molar refractivity (Wildman–Crippen MR) is 127 cm³/mol. The van der Waals surface area contributed by atoms with E-state index >= 15 is 0 Å². The van der Waals surface area contributed by atoms with Gasteiger partial charge >= 0.3 is 0 Å². The van der Waals surface area contributed by atoms with Gasteiger partial charge in [-0.05, 0) is 96.7 Å². The van der Waals surface area contributed by atoms with Crippen LogP contribution in [-0.4, -0.2) is 10.9 Å². The third kappa shape index (κ3) is 2.54. The molecule has 1 N–H and O–H groups in total. The maximum Gasteiger partial charge on any atom is 0.220 e. The van der Waals surface area contributed by atoms with E-state index in [4.69, 9.17) is 0 Å². The zero-order valence-corrected chi connectivity index (χ0v) is 20.6. The van der Waals surface area contributed by atoms with Gasteiger partial charge in [-0.25, -0.2) is 0 Å². The van der Waals surface area contributed by atoms with Crippen molar-refractivity contribution >= 4 is 5.78 Å². The first kappa shape index (κ1) is 21.3.